The topological polar surface area (TPSA) is 3.24 Å². The summed E-state index contributed by atoms with van der Waals surface area (Å²) in [7, 11) is 0.429. The van der Waals surface area contributed by atoms with Gasteiger partial charge in [0.1, 0.15) is 0 Å². The quantitative estimate of drug-likeness (QED) is 0.567. The van der Waals surface area contributed by atoms with E-state index in [2.05, 4.69) is 11.6 Å². The van der Waals surface area contributed by atoms with Crippen molar-refractivity contribution >= 4 is 7.92 Å². The maximum atomic E-state index is 2.76. The van der Waals surface area contributed by atoms with Crippen LogP contribution in [0.15, 0.2) is 0 Å². The third kappa shape index (κ3) is 2.00. The highest BCUT2D eigenvalue weighted by atomic mass is 31.1. The highest BCUT2D eigenvalue weighted by molar-refractivity contribution is 7.57. The second-order valence-corrected chi connectivity index (χ2v) is 6.83. The first kappa shape index (κ1) is 8.97. The zero-order valence-corrected chi connectivity index (χ0v) is 9.02. The minimum absolute atomic E-state index is 0.429. The fourth-order valence-electron chi connectivity index (χ4n) is 2.49. The van der Waals surface area contributed by atoms with Gasteiger partial charge >= 0.3 is 0 Å². The van der Waals surface area contributed by atoms with E-state index in [1.807, 2.05) is 0 Å². The second kappa shape index (κ2) is 4.07. The number of hydrogen-bond acceptors (Lipinski definition) is 1. The largest absolute Gasteiger partial charge is 0.300 e. The molecule has 2 unspecified atom stereocenters. The van der Waals surface area contributed by atoms with Crippen molar-refractivity contribution in [1.82, 2.24) is 4.90 Å². The van der Waals surface area contributed by atoms with Gasteiger partial charge in [0, 0.05) is 6.04 Å². The van der Waals surface area contributed by atoms with Crippen molar-refractivity contribution in [3.05, 3.63) is 0 Å². The van der Waals surface area contributed by atoms with Gasteiger partial charge in [-0.2, -0.15) is 0 Å². The van der Waals surface area contributed by atoms with Crippen LogP contribution in [-0.4, -0.2) is 43.0 Å². The molecule has 0 aliphatic carbocycles. The molecular formula is C10H20NP. The van der Waals surface area contributed by atoms with E-state index < -0.39 is 0 Å². The predicted molar refractivity (Wildman–Crippen MR) is 56.4 cm³/mol. The number of rotatable bonds is 1. The van der Waals surface area contributed by atoms with Crippen molar-refractivity contribution < 1.29 is 0 Å². The van der Waals surface area contributed by atoms with Crippen LogP contribution in [0.5, 0.6) is 0 Å². The van der Waals surface area contributed by atoms with Gasteiger partial charge in [0.25, 0.3) is 0 Å². The normalized spacial score (nSPS) is 38.8. The van der Waals surface area contributed by atoms with Crippen molar-refractivity contribution in [1.29, 1.82) is 0 Å². The molecule has 70 valence electrons. The molecule has 0 radical (unpaired) electrons. The summed E-state index contributed by atoms with van der Waals surface area (Å²) in [6.07, 6.45) is 8.97. The smallest absolute Gasteiger partial charge is 0.0138 e. The van der Waals surface area contributed by atoms with Gasteiger partial charge in [0.05, 0.1) is 0 Å². The number of nitrogens with zero attached hydrogens (tertiary/aromatic N) is 1. The minimum Gasteiger partial charge on any atom is -0.300 e. The number of piperidine rings is 1. The molecule has 0 amide bonds. The summed E-state index contributed by atoms with van der Waals surface area (Å²) in [6.45, 7) is 5.26. The Morgan fingerprint density at radius 3 is 2.50 bits per heavy atom. The lowest BCUT2D eigenvalue weighted by Crippen LogP contribution is -2.39. The molecule has 0 saturated carbocycles. The van der Waals surface area contributed by atoms with Crippen molar-refractivity contribution in [2.24, 2.45) is 0 Å². The van der Waals surface area contributed by atoms with Gasteiger partial charge in [-0.25, -0.2) is 0 Å². The predicted octanol–water partition coefficient (Wildman–Crippen LogP) is 2.36. The zero-order valence-electron chi connectivity index (χ0n) is 8.13. The average Bonchev–Trinajstić information content (AvgIpc) is 2.54. The van der Waals surface area contributed by atoms with Gasteiger partial charge in [0.15, 0.2) is 0 Å². The molecule has 2 fully saturated rings. The Morgan fingerprint density at radius 1 is 1.17 bits per heavy atom. The molecule has 2 aliphatic heterocycles. The van der Waals surface area contributed by atoms with Crippen LogP contribution in [0.25, 0.3) is 0 Å². The standard InChI is InChI=1S/C10H20NP/c1-12-8-5-10(9-12)11-6-3-2-4-7-11/h10H,2-9H2,1H3. The van der Waals surface area contributed by atoms with E-state index in [-0.39, 0.29) is 0 Å². The van der Waals surface area contributed by atoms with Crippen LogP contribution in [0.4, 0.5) is 0 Å². The van der Waals surface area contributed by atoms with E-state index in [1.165, 1.54) is 51.1 Å². The fraction of sp³-hybridized carbons (Fsp3) is 1.00. The highest BCUT2D eigenvalue weighted by Gasteiger charge is 2.26. The molecular weight excluding hydrogens is 165 g/mol. The first-order valence-electron chi connectivity index (χ1n) is 5.29. The Balaban J connectivity index is 1.83. The van der Waals surface area contributed by atoms with Crippen LogP contribution in [0.1, 0.15) is 25.7 Å². The van der Waals surface area contributed by atoms with Crippen LogP contribution in [0.3, 0.4) is 0 Å². The van der Waals surface area contributed by atoms with Gasteiger partial charge in [-0.3, -0.25) is 0 Å². The first-order valence-corrected chi connectivity index (χ1v) is 7.45. The summed E-state index contributed by atoms with van der Waals surface area (Å²) >= 11 is 0. The Hall–Kier alpha value is 0.390. The van der Waals surface area contributed by atoms with Crippen LogP contribution in [0, 0.1) is 0 Å². The summed E-state index contributed by atoms with van der Waals surface area (Å²) < 4.78 is 0. The van der Waals surface area contributed by atoms with E-state index in [4.69, 9.17) is 0 Å². The van der Waals surface area contributed by atoms with E-state index in [1.54, 1.807) is 0 Å². The second-order valence-electron chi connectivity index (χ2n) is 4.30. The molecule has 0 aromatic carbocycles. The Bertz CT molecular complexity index is 140. The lowest BCUT2D eigenvalue weighted by molar-refractivity contribution is 0.177. The SMILES string of the molecule is CP1CCC(N2CCCCC2)C1. The van der Waals surface area contributed by atoms with Crippen LogP contribution in [-0.2, 0) is 0 Å². The maximum absolute atomic E-state index is 2.76. The Labute approximate surface area is 77.3 Å². The highest BCUT2D eigenvalue weighted by Crippen LogP contribution is 2.41. The van der Waals surface area contributed by atoms with Gasteiger partial charge in [-0.15, -0.1) is 7.92 Å². The van der Waals surface area contributed by atoms with E-state index >= 15 is 0 Å². The van der Waals surface area contributed by atoms with Crippen molar-refractivity contribution in [2.75, 3.05) is 32.1 Å². The van der Waals surface area contributed by atoms with Crippen LogP contribution in [0.2, 0.25) is 0 Å². The molecule has 2 aliphatic rings. The summed E-state index contributed by atoms with van der Waals surface area (Å²) in [5.74, 6) is 0. The molecule has 0 bridgehead atoms. The monoisotopic (exact) mass is 185 g/mol. The van der Waals surface area contributed by atoms with Gasteiger partial charge < -0.3 is 4.90 Å². The lowest BCUT2D eigenvalue weighted by Gasteiger charge is -2.32. The molecule has 0 aromatic rings. The minimum atomic E-state index is 0.429. The first-order chi connectivity index (χ1) is 5.86. The maximum Gasteiger partial charge on any atom is 0.0138 e. The van der Waals surface area contributed by atoms with Gasteiger partial charge in [0.2, 0.25) is 0 Å². The van der Waals surface area contributed by atoms with E-state index in [0.29, 0.717) is 7.92 Å². The van der Waals surface area contributed by atoms with Crippen molar-refractivity contribution in [3.63, 3.8) is 0 Å². The molecule has 2 saturated heterocycles. The molecule has 2 atom stereocenters. The van der Waals surface area contributed by atoms with Crippen molar-refractivity contribution in [3.8, 4) is 0 Å². The van der Waals surface area contributed by atoms with E-state index in [0.717, 1.165) is 6.04 Å². The Morgan fingerprint density at radius 2 is 1.92 bits per heavy atom. The summed E-state index contributed by atoms with van der Waals surface area (Å²) in [5.41, 5.74) is 0. The lowest BCUT2D eigenvalue weighted by atomic mass is 10.1. The Kier molecular flexibility index (Phi) is 3.04. The molecule has 0 spiro atoms. The summed E-state index contributed by atoms with van der Waals surface area (Å²) in [5, 5.41) is 0. The molecule has 0 N–H and O–H groups in total. The number of hydrogen-bond donors (Lipinski definition) is 0. The van der Waals surface area contributed by atoms with E-state index in [9.17, 15) is 0 Å². The summed E-state index contributed by atoms with van der Waals surface area (Å²) in [4.78, 5) is 2.76. The van der Waals surface area contributed by atoms with Crippen molar-refractivity contribution in [2.45, 2.75) is 31.7 Å². The third-order valence-electron chi connectivity index (χ3n) is 3.27. The zero-order chi connectivity index (χ0) is 8.39. The van der Waals surface area contributed by atoms with Crippen LogP contribution < -0.4 is 0 Å². The average molecular weight is 185 g/mol. The van der Waals surface area contributed by atoms with Gasteiger partial charge in [-0.05, 0) is 51.3 Å². The molecule has 2 heterocycles. The third-order valence-corrected chi connectivity index (χ3v) is 5.34. The number of likely N-dealkylation sites (tertiary alicyclic amines) is 1. The summed E-state index contributed by atoms with van der Waals surface area (Å²) in [6, 6.07) is 0.987. The van der Waals surface area contributed by atoms with Gasteiger partial charge in [-0.1, -0.05) is 6.42 Å². The fourth-order valence-corrected chi connectivity index (χ4v) is 4.55. The molecule has 2 heteroatoms. The molecule has 12 heavy (non-hydrogen) atoms. The molecule has 2 rings (SSSR count). The van der Waals surface area contributed by atoms with Crippen LogP contribution >= 0.6 is 7.92 Å². The molecule has 1 nitrogen and oxygen atoms in total. The molecule has 0 aromatic heterocycles.